The second-order valence-electron chi connectivity index (χ2n) is 7.47. The predicted octanol–water partition coefficient (Wildman–Crippen LogP) is 3.18. The minimum absolute atomic E-state index is 0. The van der Waals surface area contributed by atoms with Crippen molar-refractivity contribution in [3.8, 4) is 5.75 Å². The van der Waals surface area contributed by atoms with E-state index in [1.165, 1.54) is 0 Å². The summed E-state index contributed by atoms with van der Waals surface area (Å²) in [7, 11) is 1.70. The Kier molecular flexibility index (Phi) is 10.5. The molecule has 174 valence electrons. The molecule has 1 aromatic carbocycles. The van der Waals surface area contributed by atoms with E-state index in [2.05, 4.69) is 36.9 Å². The number of amides is 1. The molecule has 0 radical (unpaired) electrons. The molecular weight excluding hydrogens is 519 g/mol. The van der Waals surface area contributed by atoms with E-state index < -0.39 is 0 Å². The first-order valence-electron chi connectivity index (χ1n) is 10.8. The normalized spacial score (nSPS) is 15.7. The highest BCUT2D eigenvalue weighted by molar-refractivity contribution is 14.0. The number of aromatic nitrogens is 1. The highest BCUT2D eigenvalue weighted by atomic mass is 127. The summed E-state index contributed by atoms with van der Waals surface area (Å²) in [5, 5.41) is 9.58. The molecule has 1 fully saturated rings. The number of aryl methyl sites for hydroxylation is 1. The number of nitrogens with one attached hydrogen (secondary N) is 3. The van der Waals surface area contributed by atoms with Crippen molar-refractivity contribution in [3.05, 3.63) is 48.2 Å². The van der Waals surface area contributed by atoms with Crippen LogP contribution in [-0.4, -0.2) is 56.2 Å². The zero-order chi connectivity index (χ0) is 22.1. The first-order chi connectivity index (χ1) is 15.1. The standard InChI is InChI=1S/C23H32N6O2.HI/c1-4-24-23(25-14-12-22(30)28-21-11-7-8-17(2)26-21)27-18-13-15-29(16-18)19-9-5-6-10-20(19)31-3;/h5-11,18H,4,12-16H2,1-3H3,(H2,24,25,27)(H,26,28,30);1H. The molecule has 1 aliphatic heterocycles. The highest BCUT2D eigenvalue weighted by Gasteiger charge is 2.25. The Morgan fingerprint density at radius 3 is 2.81 bits per heavy atom. The van der Waals surface area contributed by atoms with E-state index in [0.29, 0.717) is 18.8 Å². The summed E-state index contributed by atoms with van der Waals surface area (Å²) in [6.45, 7) is 6.90. The highest BCUT2D eigenvalue weighted by Crippen LogP contribution is 2.30. The molecule has 0 aliphatic carbocycles. The Morgan fingerprint density at radius 2 is 2.06 bits per heavy atom. The van der Waals surface area contributed by atoms with Crippen molar-refractivity contribution in [2.45, 2.75) is 32.7 Å². The largest absolute Gasteiger partial charge is 0.495 e. The topological polar surface area (TPSA) is 90.9 Å². The average molecular weight is 552 g/mol. The molecule has 0 spiro atoms. The van der Waals surface area contributed by atoms with E-state index in [0.717, 1.165) is 49.1 Å². The Morgan fingerprint density at radius 1 is 1.25 bits per heavy atom. The van der Waals surface area contributed by atoms with Crippen LogP contribution in [-0.2, 0) is 4.79 Å². The molecule has 1 unspecified atom stereocenters. The zero-order valence-electron chi connectivity index (χ0n) is 18.9. The van der Waals surface area contributed by atoms with E-state index >= 15 is 0 Å². The molecule has 9 heteroatoms. The quantitative estimate of drug-likeness (QED) is 0.265. The summed E-state index contributed by atoms with van der Waals surface area (Å²) >= 11 is 0. The van der Waals surface area contributed by atoms with Crippen molar-refractivity contribution < 1.29 is 9.53 Å². The van der Waals surface area contributed by atoms with Crippen LogP contribution in [0.5, 0.6) is 5.75 Å². The fourth-order valence-electron chi connectivity index (χ4n) is 3.59. The molecule has 0 saturated carbocycles. The fourth-order valence-corrected chi connectivity index (χ4v) is 3.59. The molecule has 2 aromatic rings. The molecule has 8 nitrogen and oxygen atoms in total. The average Bonchev–Trinajstić information content (AvgIpc) is 3.22. The first-order valence-corrected chi connectivity index (χ1v) is 10.8. The van der Waals surface area contributed by atoms with Crippen molar-refractivity contribution in [1.82, 2.24) is 15.6 Å². The molecule has 3 rings (SSSR count). The maximum atomic E-state index is 12.2. The SMILES string of the molecule is CCNC(=NCCC(=O)Nc1cccc(C)n1)NC1CCN(c2ccccc2OC)C1.I. The maximum Gasteiger partial charge on any atom is 0.227 e. The lowest BCUT2D eigenvalue weighted by Gasteiger charge is -2.22. The van der Waals surface area contributed by atoms with Crippen LogP contribution < -0.4 is 25.6 Å². The number of ether oxygens (including phenoxy) is 1. The number of nitrogens with zero attached hydrogens (tertiary/aromatic N) is 3. The lowest BCUT2D eigenvalue weighted by atomic mass is 10.2. The number of rotatable bonds is 8. The number of aliphatic imine (C=N–C) groups is 1. The third-order valence-corrected chi connectivity index (χ3v) is 5.06. The molecule has 3 N–H and O–H groups in total. The number of carbonyl (C=O) groups is 1. The number of pyridine rings is 1. The third-order valence-electron chi connectivity index (χ3n) is 5.06. The Hall–Kier alpha value is -2.56. The third kappa shape index (κ3) is 7.54. The summed E-state index contributed by atoms with van der Waals surface area (Å²) < 4.78 is 5.50. The van der Waals surface area contributed by atoms with Gasteiger partial charge in [0, 0.05) is 37.8 Å². The molecule has 1 amide bonds. The van der Waals surface area contributed by atoms with Crippen LogP contribution in [0, 0.1) is 6.92 Å². The minimum Gasteiger partial charge on any atom is -0.495 e. The van der Waals surface area contributed by atoms with Crippen molar-refractivity contribution in [2.75, 3.05) is 43.5 Å². The number of hydrogen-bond donors (Lipinski definition) is 3. The second kappa shape index (κ2) is 13.1. The van der Waals surface area contributed by atoms with Crippen molar-refractivity contribution in [1.29, 1.82) is 0 Å². The lowest BCUT2D eigenvalue weighted by Crippen LogP contribution is -2.44. The van der Waals surface area contributed by atoms with Crippen LogP contribution in [0.1, 0.15) is 25.5 Å². The smallest absolute Gasteiger partial charge is 0.227 e. The molecule has 1 aromatic heterocycles. The van der Waals surface area contributed by atoms with Gasteiger partial charge in [-0.1, -0.05) is 18.2 Å². The molecule has 0 bridgehead atoms. The number of hydrogen-bond acceptors (Lipinski definition) is 5. The van der Waals surface area contributed by atoms with Gasteiger partial charge in [0.1, 0.15) is 11.6 Å². The molecule has 2 heterocycles. The van der Waals surface area contributed by atoms with E-state index in [4.69, 9.17) is 4.74 Å². The summed E-state index contributed by atoms with van der Waals surface area (Å²) in [6.07, 6.45) is 1.30. The number of para-hydroxylation sites is 2. The second-order valence-corrected chi connectivity index (χ2v) is 7.47. The molecule has 1 aliphatic rings. The monoisotopic (exact) mass is 552 g/mol. The maximum absolute atomic E-state index is 12.2. The molecule has 32 heavy (non-hydrogen) atoms. The number of carbonyl (C=O) groups excluding carboxylic acids is 1. The van der Waals surface area contributed by atoms with Gasteiger partial charge in [-0.15, -0.1) is 24.0 Å². The minimum atomic E-state index is -0.0964. The van der Waals surface area contributed by atoms with Crippen LogP contribution in [0.4, 0.5) is 11.5 Å². The van der Waals surface area contributed by atoms with Crippen LogP contribution in [0.15, 0.2) is 47.5 Å². The molecule has 1 atom stereocenters. The van der Waals surface area contributed by atoms with Crippen LogP contribution >= 0.6 is 24.0 Å². The number of halogens is 1. The summed E-state index contributed by atoms with van der Waals surface area (Å²) in [4.78, 5) is 23.4. The Bertz CT molecular complexity index is 908. The van der Waals surface area contributed by atoms with E-state index in [1.54, 1.807) is 13.2 Å². The van der Waals surface area contributed by atoms with E-state index in [-0.39, 0.29) is 35.9 Å². The van der Waals surface area contributed by atoms with Crippen LogP contribution in [0.3, 0.4) is 0 Å². The predicted molar refractivity (Wildman–Crippen MR) is 140 cm³/mol. The summed E-state index contributed by atoms with van der Waals surface area (Å²) in [6, 6.07) is 13.9. The van der Waals surface area contributed by atoms with Crippen LogP contribution in [0.25, 0.3) is 0 Å². The Balaban J connectivity index is 0.00000363. The van der Waals surface area contributed by atoms with E-state index in [1.807, 2.05) is 44.2 Å². The lowest BCUT2D eigenvalue weighted by molar-refractivity contribution is -0.116. The van der Waals surface area contributed by atoms with Gasteiger partial charge in [0.25, 0.3) is 0 Å². The number of guanidine groups is 1. The van der Waals surface area contributed by atoms with Gasteiger partial charge in [-0.3, -0.25) is 9.79 Å². The van der Waals surface area contributed by atoms with Crippen LogP contribution in [0.2, 0.25) is 0 Å². The summed E-state index contributed by atoms with van der Waals surface area (Å²) in [5.74, 6) is 2.09. The van der Waals surface area contributed by atoms with Gasteiger partial charge in [0.15, 0.2) is 5.96 Å². The van der Waals surface area contributed by atoms with Gasteiger partial charge < -0.3 is 25.6 Å². The van der Waals surface area contributed by atoms with Crippen molar-refractivity contribution >= 4 is 47.3 Å². The van der Waals surface area contributed by atoms with Gasteiger partial charge >= 0.3 is 0 Å². The van der Waals surface area contributed by atoms with E-state index in [9.17, 15) is 4.79 Å². The number of anilines is 2. The fraction of sp³-hybridized carbons (Fsp3) is 0.435. The zero-order valence-corrected chi connectivity index (χ0v) is 21.3. The number of methoxy groups -OCH3 is 1. The Labute approximate surface area is 207 Å². The van der Waals surface area contributed by atoms with Gasteiger partial charge in [0.2, 0.25) is 5.91 Å². The first kappa shape index (κ1) is 25.7. The van der Waals surface area contributed by atoms with Gasteiger partial charge in [-0.25, -0.2) is 4.98 Å². The van der Waals surface area contributed by atoms with Crippen molar-refractivity contribution in [3.63, 3.8) is 0 Å². The molecular formula is C23H33IN6O2. The summed E-state index contributed by atoms with van der Waals surface area (Å²) in [5.41, 5.74) is 1.98. The van der Waals surface area contributed by atoms with Gasteiger partial charge in [0.05, 0.1) is 19.3 Å². The van der Waals surface area contributed by atoms with Gasteiger partial charge in [-0.05, 0) is 44.5 Å². The number of benzene rings is 1. The molecule has 1 saturated heterocycles. The van der Waals surface area contributed by atoms with Crippen molar-refractivity contribution in [2.24, 2.45) is 4.99 Å². The van der Waals surface area contributed by atoms with Gasteiger partial charge in [-0.2, -0.15) is 0 Å².